The molecule has 0 aliphatic carbocycles. The molecule has 2 aromatic rings. The van der Waals surface area contributed by atoms with Crippen LogP contribution in [0.15, 0.2) is 58.0 Å². The van der Waals surface area contributed by atoms with E-state index in [-0.39, 0.29) is 17.3 Å². The van der Waals surface area contributed by atoms with Gasteiger partial charge in [0.25, 0.3) is 0 Å². The number of benzene rings is 2. The molecule has 0 radical (unpaired) electrons. The van der Waals surface area contributed by atoms with Crippen molar-refractivity contribution in [3.05, 3.63) is 69.9 Å². The van der Waals surface area contributed by atoms with E-state index in [1.165, 1.54) is 12.1 Å². The van der Waals surface area contributed by atoms with Gasteiger partial charge in [0.2, 0.25) is 5.90 Å². The molecule has 2 nitrogen and oxygen atoms in total. The Morgan fingerprint density at radius 2 is 1.76 bits per heavy atom. The zero-order valence-corrected chi connectivity index (χ0v) is 13.3. The lowest BCUT2D eigenvalue weighted by molar-refractivity contribution is 0.174. The highest BCUT2D eigenvalue weighted by Crippen LogP contribution is 2.30. The highest BCUT2D eigenvalue weighted by Gasteiger charge is 2.28. The molecule has 0 spiro atoms. The highest BCUT2D eigenvalue weighted by atomic mass is 79.9. The van der Waals surface area contributed by atoms with Gasteiger partial charge in [-0.05, 0) is 42.0 Å². The van der Waals surface area contributed by atoms with Crippen LogP contribution in [0.2, 0.25) is 0 Å². The molecule has 1 heterocycles. The van der Waals surface area contributed by atoms with Gasteiger partial charge in [-0.2, -0.15) is 0 Å². The van der Waals surface area contributed by atoms with Crippen LogP contribution in [-0.4, -0.2) is 17.8 Å². The molecule has 1 aliphatic heterocycles. The van der Waals surface area contributed by atoms with Crippen molar-refractivity contribution in [2.24, 2.45) is 4.99 Å². The van der Waals surface area contributed by atoms with Crippen LogP contribution in [0.5, 0.6) is 0 Å². The number of alkyl halides is 1. The largest absolute Gasteiger partial charge is 0.468 e. The maximum absolute atomic E-state index is 13.0. The summed E-state index contributed by atoms with van der Waals surface area (Å²) >= 11 is 9.70. The molecule has 0 fully saturated rings. The minimum absolute atomic E-state index is 0.269. The second-order valence-corrected chi connectivity index (χ2v) is 6.23. The van der Waals surface area contributed by atoms with E-state index in [1.54, 1.807) is 12.1 Å². The van der Waals surface area contributed by atoms with Crippen LogP contribution in [0.3, 0.4) is 0 Å². The average molecular weight is 369 g/mol. The Morgan fingerprint density at radius 3 is 2.43 bits per heavy atom. The van der Waals surface area contributed by atoms with Crippen molar-refractivity contribution in [2.75, 3.05) is 6.54 Å². The molecule has 0 saturated carbocycles. The second-order valence-electron chi connectivity index (χ2n) is 4.76. The summed E-state index contributed by atoms with van der Waals surface area (Å²) in [6.45, 7) is 0.467. The van der Waals surface area contributed by atoms with E-state index in [0.717, 1.165) is 15.6 Å². The summed E-state index contributed by atoms with van der Waals surface area (Å²) in [6.07, 6.45) is -0.330. The van der Waals surface area contributed by atoms with E-state index in [1.807, 2.05) is 24.3 Å². The first-order valence-corrected chi connectivity index (χ1v) is 7.73. The summed E-state index contributed by atoms with van der Waals surface area (Å²) in [7, 11) is 0. The number of halogens is 3. The van der Waals surface area contributed by atoms with Gasteiger partial charge in [0.1, 0.15) is 11.9 Å². The van der Waals surface area contributed by atoms with Gasteiger partial charge in [-0.1, -0.05) is 28.1 Å². The van der Waals surface area contributed by atoms with E-state index >= 15 is 0 Å². The van der Waals surface area contributed by atoms with Gasteiger partial charge in [-0.25, -0.2) is 9.38 Å². The fraction of sp³-hybridized carbons (Fsp3) is 0.188. The van der Waals surface area contributed by atoms with Gasteiger partial charge < -0.3 is 4.74 Å². The number of ether oxygens (including phenoxy) is 1. The van der Waals surface area contributed by atoms with Crippen molar-refractivity contribution in [1.82, 2.24) is 0 Å². The Bertz CT molecular complexity index is 657. The zero-order chi connectivity index (χ0) is 14.8. The molecule has 108 valence electrons. The summed E-state index contributed by atoms with van der Waals surface area (Å²) in [6, 6.07) is 13.9. The molecule has 0 bridgehead atoms. The Kier molecular flexibility index (Phi) is 4.27. The third-order valence-corrected chi connectivity index (χ3v) is 4.16. The lowest BCUT2D eigenvalue weighted by atomic mass is 10.0. The Labute approximate surface area is 135 Å². The molecule has 0 saturated heterocycles. The standard InChI is InChI=1S/C16H12BrClFNO/c17-12-5-1-11(2-6-12)16-20-9-14(18)15(21-16)10-3-7-13(19)8-4-10/h1-8,14-15H,9H2/t14-,15-/m0/s1. The normalized spacial score (nSPS) is 21.6. The van der Waals surface area contributed by atoms with Crippen LogP contribution in [0.4, 0.5) is 4.39 Å². The van der Waals surface area contributed by atoms with Gasteiger partial charge in [0.15, 0.2) is 0 Å². The summed E-state index contributed by atoms with van der Waals surface area (Å²) < 4.78 is 20.0. The Morgan fingerprint density at radius 1 is 1.10 bits per heavy atom. The monoisotopic (exact) mass is 367 g/mol. The maximum atomic E-state index is 13.0. The lowest BCUT2D eigenvalue weighted by Crippen LogP contribution is -2.28. The van der Waals surface area contributed by atoms with Crippen LogP contribution < -0.4 is 0 Å². The predicted molar refractivity (Wildman–Crippen MR) is 85.4 cm³/mol. The molecular formula is C16H12BrClFNO. The third kappa shape index (κ3) is 3.27. The molecule has 0 amide bonds. The predicted octanol–water partition coefficient (Wildman–Crippen LogP) is 4.71. The Hall–Kier alpha value is -1.39. The van der Waals surface area contributed by atoms with Crippen LogP contribution in [-0.2, 0) is 4.74 Å². The van der Waals surface area contributed by atoms with Gasteiger partial charge in [0, 0.05) is 10.0 Å². The number of hydrogen-bond acceptors (Lipinski definition) is 2. The minimum Gasteiger partial charge on any atom is -0.468 e. The van der Waals surface area contributed by atoms with Gasteiger partial charge in [0.05, 0.1) is 11.9 Å². The first-order chi connectivity index (χ1) is 10.1. The summed E-state index contributed by atoms with van der Waals surface area (Å²) in [5, 5.41) is -0.269. The first kappa shape index (κ1) is 14.5. The molecule has 3 rings (SSSR count). The molecule has 0 unspecified atom stereocenters. The number of aliphatic imine (C=N–C) groups is 1. The smallest absolute Gasteiger partial charge is 0.216 e. The highest BCUT2D eigenvalue weighted by molar-refractivity contribution is 9.10. The molecule has 5 heteroatoms. The van der Waals surface area contributed by atoms with E-state index in [2.05, 4.69) is 20.9 Å². The van der Waals surface area contributed by atoms with Crippen molar-refractivity contribution in [3.63, 3.8) is 0 Å². The number of hydrogen-bond donors (Lipinski definition) is 0. The van der Waals surface area contributed by atoms with E-state index < -0.39 is 0 Å². The molecule has 0 aromatic heterocycles. The summed E-state index contributed by atoms with van der Waals surface area (Å²) in [4.78, 5) is 4.38. The van der Waals surface area contributed by atoms with Crippen LogP contribution in [0.25, 0.3) is 0 Å². The first-order valence-electron chi connectivity index (χ1n) is 6.50. The topological polar surface area (TPSA) is 21.6 Å². The minimum atomic E-state index is -0.330. The maximum Gasteiger partial charge on any atom is 0.216 e. The quantitative estimate of drug-likeness (QED) is 0.703. The average Bonchev–Trinajstić information content (AvgIpc) is 2.50. The fourth-order valence-electron chi connectivity index (χ4n) is 2.18. The van der Waals surface area contributed by atoms with Crippen molar-refractivity contribution in [3.8, 4) is 0 Å². The summed E-state index contributed by atoms with van der Waals surface area (Å²) in [5.74, 6) is 0.288. The van der Waals surface area contributed by atoms with Crippen LogP contribution in [0, 0.1) is 5.82 Å². The van der Waals surface area contributed by atoms with E-state index in [4.69, 9.17) is 16.3 Å². The molecule has 2 aromatic carbocycles. The van der Waals surface area contributed by atoms with Gasteiger partial charge in [-0.3, -0.25) is 0 Å². The molecule has 2 atom stereocenters. The third-order valence-electron chi connectivity index (χ3n) is 3.27. The van der Waals surface area contributed by atoms with Gasteiger partial charge >= 0.3 is 0 Å². The Balaban J connectivity index is 1.86. The van der Waals surface area contributed by atoms with Crippen LogP contribution >= 0.6 is 27.5 Å². The van der Waals surface area contributed by atoms with Crippen molar-refractivity contribution in [1.29, 1.82) is 0 Å². The van der Waals surface area contributed by atoms with Crippen molar-refractivity contribution in [2.45, 2.75) is 11.5 Å². The van der Waals surface area contributed by atoms with Crippen LogP contribution in [0.1, 0.15) is 17.2 Å². The molecule has 0 N–H and O–H groups in total. The second kappa shape index (κ2) is 6.16. The van der Waals surface area contributed by atoms with Crippen molar-refractivity contribution < 1.29 is 9.13 Å². The summed E-state index contributed by atoms with van der Waals surface area (Å²) in [5.41, 5.74) is 1.75. The molecular weight excluding hydrogens is 357 g/mol. The SMILES string of the molecule is Fc1ccc([C@@H]2OC(c3ccc(Br)cc3)=NC[C@@H]2Cl)cc1. The number of rotatable bonds is 2. The molecule has 1 aliphatic rings. The lowest BCUT2D eigenvalue weighted by Gasteiger charge is -2.28. The number of nitrogens with zero attached hydrogens (tertiary/aromatic N) is 1. The fourth-order valence-corrected chi connectivity index (χ4v) is 2.71. The zero-order valence-electron chi connectivity index (χ0n) is 11.0. The van der Waals surface area contributed by atoms with E-state index in [9.17, 15) is 4.39 Å². The van der Waals surface area contributed by atoms with Crippen molar-refractivity contribution >= 4 is 33.4 Å². The van der Waals surface area contributed by atoms with E-state index in [0.29, 0.717) is 12.4 Å². The van der Waals surface area contributed by atoms with Gasteiger partial charge in [-0.15, -0.1) is 11.6 Å². The molecule has 21 heavy (non-hydrogen) atoms.